The van der Waals surface area contributed by atoms with Crippen LogP contribution in [0.2, 0.25) is 0 Å². The standard InChI is InChI=1S/C28H32N4O6S/c1-5-36-21-9-7-18(15-22(21)37-6-2)25-20(27(34)35-4)17-29-28-32(25)26(33)23(39-28)16-19-8-10-24(38-19)31-13-11-30(3)12-14-31/h7-10,15-17,25H,5-6,11-14H2,1-4H3/b23-16-/t25-/m1/s1. The Balaban J connectivity index is 1.56. The van der Waals surface area contributed by atoms with Gasteiger partial charge in [0.1, 0.15) is 5.76 Å². The van der Waals surface area contributed by atoms with Crippen LogP contribution in [-0.2, 0) is 9.53 Å². The Morgan fingerprint density at radius 1 is 1.10 bits per heavy atom. The first-order valence-corrected chi connectivity index (χ1v) is 13.8. The second kappa shape index (κ2) is 11.5. The van der Waals surface area contributed by atoms with Crippen molar-refractivity contribution in [2.75, 3.05) is 58.5 Å². The molecule has 1 fully saturated rings. The number of anilines is 1. The van der Waals surface area contributed by atoms with E-state index >= 15 is 0 Å². The van der Waals surface area contributed by atoms with Gasteiger partial charge in [0.15, 0.2) is 22.2 Å². The van der Waals surface area contributed by atoms with Crippen molar-refractivity contribution >= 4 is 29.3 Å². The van der Waals surface area contributed by atoms with E-state index in [2.05, 4.69) is 21.8 Å². The average molecular weight is 553 g/mol. The molecular formula is C28H32N4O6S. The molecule has 0 saturated carbocycles. The number of carbonyl (C=O) groups is 1. The summed E-state index contributed by atoms with van der Waals surface area (Å²) in [6, 6.07) is 8.46. The van der Waals surface area contributed by atoms with Gasteiger partial charge in [-0.3, -0.25) is 9.36 Å². The molecule has 1 saturated heterocycles. The van der Waals surface area contributed by atoms with Crippen molar-refractivity contribution in [3.63, 3.8) is 0 Å². The van der Waals surface area contributed by atoms with Gasteiger partial charge in [-0.1, -0.05) is 17.4 Å². The van der Waals surface area contributed by atoms with E-state index in [0.717, 1.165) is 32.1 Å². The summed E-state index contributed by atoms with van der Waals surface area (Å²) in [4.78, 5) is 35.9. The zero-order chi connectivity index (χ0) is 27.5. The first-order chi connectivity index (χ1) is 18.9. The third-order valence-corrected chi connectivity index (χ3v) is 7.71. The summed E-state index contributed by atoms with van der Waals surface area (Å²) in [7, 11) is 3.42. The fourth-order valence-corrected chi connectivity index (χ4v) is 5.68. The van der Waals surface area contributed by atoms with Crippen molar-refractivity contribution < 1.29 is 23.4 Å². The summed E-state index contributed by atoms with van der Waals surface area (Å²) in [5.41, 5.74) is 0.651. The number of methoxy groups -OCH3 is 1. The molecule has 5 rings (SSSR count). The van der Waals surface area contributed by atoms with E-state index in [1.54, 1.807) is 18.2 Å². The van der Waals surface area contributed by atoms with E-state index in [9.17, 15) is 9.59 Å². The van der Waals surface area contributed by atoms with Crippen molar-refractivity contribution in [3.05, 3.63) is 73.1 Å². The number of likely N-dealkylation sites (N-methyl/N-ethyl adjacent to an activating group) is 1. The SMILES string of the molecule is CCOc1ccc([C@@H]2C(C(=O)OC)=CN=c3s/c(=C\c4ccc(N5CCN(C)CC5)o4)c(=O)n32)cc1OCC. The average Bonchev–Trinajstić information content (AvgIpc) is 3.54. The van der Waals surface area contributed by atoms with Crippen LogP contribution < -0.4 is 29.3 Å². The Kier molecular flexibility index (Phi) is 7.89. The molecule has 10 nitrogen and oxygen atoms in total. The zero-order valence-electron chi connectivity index (χ0n) is 22.5. The molecule has 0 N–H and O–H groups in total. The maximum absolute atomic E-state index is 13.8. The zero-order valence-corrected chi connectivity index (χ0v) is 23.3. The molecule has 0 spiro atoms. The molecule has 11 heteroatoms. The summed E-state index contributed by atoms with van der Waals surface area (Å²) < 4.78 is 24.6. The largest absolute Gasteiger partial charge is 0.490 e. The highest BCUT2D eigenvalue weighted by Gasteiger charge is 2.31. The van der Waals surface area contributed by atoms with Crippen LogP contribution in [0.5, 0.6) is 11.5 Å². The number of nitrogens with zero attached hydrogens (tertiary/aromatic N) is 4. The number of fused-ring (bicyclic) bond motifs is 1. The minimum absolute atomic E-state index is 0.249. The third kappa shape index (κ3) is 5.37. The van der Waals surface area contributed by atoms with E-state index in [1.165, 1.54) is 29.2 Å². The third-order valence-electron chi connectivity index (χ3n) is 6.71. The molecule has 0 radical (unpaired) electrons. The number of piperazine rings is 1. The molecule has 39 heavy (non-hydrogen) atoms. The summed E-state index contributed by atoms with van der Waals surface area (Å²) >= 11 is 1.24. The second-order valence-electron chi connectivity index (χ2n) is 9.21. The lowest BCUT2D eigenvalue weighted by atomic mass is 9.97. The number of hydrogen-bond donors (Lipinski definition) is 0. The lowest BCUT2D eigenvalue weighted by molar-refractivity contribution is -0.136. The van der Waals surface area contributed by atoms with E-state index in [4.69, 9.17) is 18.6 Å². The number of thiazole rings is 1. The van der Waals surface area contributed by atoms with Crippen molar-refractivity contribution in [1.29, 1.82) is 0 Å². The van der Waals surface area contributed by atoms with Crippen LogP contribution in [-0.4, -0.2) is 69.0 Å². The fourth-order valence-electron chi connectivity index (χ4n) is 4.73. The summed E-state index contributed by atoms with van der Waals surface area (Å²) in [6.07, 6.45) is 3.20. The van der Waals surface area contributed by atoms with Gasteiger partial charge < -0.3 is 28.4 Å². The van der Waals surface area contributed by atoms with Crippen LogP contribution in [0.15, 0.2) is 56.3 Å². The van der Waals surface area contributed by atoms with Gasteiger partial charge in [-0.15, -0.1) is 0 Å². The van der Waals surface area contributed by atoms with Crippen molar-refractivity contribution in [2.45, 2.75) is 19.9 Å². The first-order valence-electron chi connectivity index (χ1n) is 13.0. The monoisotopic (exact) mass is 552 g/mol. The first kappa shape index (κ1) is 26.8. The number of aromatic nitrogens is 1. The normalized spacial score (nSPS) is 17.8. The smallest absolute Gasteiger partial charge is 0.337 e. The van der Waals surface area contributed by atoms with Gasteiger partial charge in [-0.25, -0.2) is 9.79 Å². The Hall–Kier alpha value is -3.83. The molecule has 1 atom stereocenters. The molecule has 0 aliphatic carbocycles. The number of ether oxygens (including phenoxy) is 3. The molecule has 0 unspecified atom stereocenters. The minimum Gasteiger partial charge on any atom is -0.490 e. The molecule has 0 bridgehead atoms. The summed E-state index contributed by atoms with van der Waals surface area (Å²) in [6.45, 7) is 8.39. The number of esters is 1. The van der Waals surface area contributed by atoms with Crippen molar-refractivity contribution in [1.82, 2.24) is 9.47 Å². The molecule has 1 aromatic carbocycles. The van der Waals surface area contributed by atoms with Gasteiger partial charge in [-0.2, -0.15) is 0 Å². The van der Waals surface area contributed by atoms with Gasteiger partial charge >= 0.3 is 5.97 Å². The number of furan rings is 1. The topological polar surface area (TPSA) is 98.7 Å². The highest BCUT2D eigenvalue weighted by atomic mass is 32.1. The van der Waals surface area contributed by atoms with Crippen LogP contribution in [0.4, 0.5) is 5.88 Å². The van der Waals surface area contributed by atoms with Crippen LogP contribution in [0, 0.1) is 0 Å². The van der Waals surface area contributed by atoms with Crippen LogP contribution in [0.1, 0.15) is 31.2 Å². The second-order valence-corrected chi connectivity index (χ2v) is 10.2. The molecule has 2 aromatic heterocycles. The predicted octanol–water partition coefficient (Wildman–Crippen LogP) is 2.16. The van der Waals surface area contributed by atoms with Crippen molar-refractivity contribution in [2.24, 2.45) is 4.99 Å². The molecule has 4 heterocycles. The highest BCUT2D eigenvalue weighted by Crippen LogP contribution is 2.35. The molecule has 206 valence electrons. The maximum atomic E-state index is 13.8. The van der Waals surface area contributed by atoms with E-state index in [1.807, 2.05) is 32.0 Å². The number of rotatable bonds is 8. The fraction of sp³-hybridized carbons (Fsp3) is 0.393. The molecule has 3 aromatic rings. The minimum atomic E-state index is -0.747. The van der Waals surface area contributed by atoms with E-state index in [-0.39, 0.29) is 11.1 Å². The Labute approximate surface area is 230 Å². The van der Waals surface area contributed by atoms with Gasteiger partial charge in [0, 0.05) is 44.5 Å². The Morgan fingerprint density at radius 3 is 2.56 bits per heavy atom. The highest BCUT2D eigenvalue weighted by molar-refractivity contribution is 7.07. The lowest BCUT2D eigenvalue weighted by Gasteiger charge is -2.32. The summed E-state index contributed by atoms with van der Waals surface area (Å²) in [5, 5.41) is 0. The van der Waals surface area contributed by atoms with Gasteiger partial charge in [0.05, 0.1) is 36.5 Å². The van der Waals surface area contributed by atoms with Gasteiger partial charge in [0.25, 0.3) is 5.56 Å². The Morgan fingerprint density at radius 2 is 1.85 bits per heavy atom. The number of hydrogen-bond acceptors (Lipinski definition) is 10. The van der Waals surface area contributed by atoms with Crippen LogP contribution in [0.3, 0.4) is 0 Å². The Bertz CT molecular complexity index is 1560. The van der Waals surface area contributed by atoms with Crippen LogP contribution >= 0.6 is 11.3 Å². The lowest BCUT2D eigenvalue weighted by Crippen LogP contribution is -2.44. The van der Waals surface area contributed by atoms with Gasteiger partial charge in [-0.05, 0) is 44.7 Å². The van der Waals surface area contributed by atoms with E-state index < -0.39 is 12.0 Å². The predicted molar refractivity (Wildman–Crippen MR) is 148 cm³/mol. The van der Waals surface area contributed by atoms with Crippen LogP contribution in [0.25, 0.3) is 6.08 Å². The quantitative estimate of drug-likeness (QED) is 0.392. The van der Waals surface area contributed by atoms with E-state index in [0.29, 0.717) is 45.4 Å². The maximum Gasteiger partial charge on any atom is 0.337 e. The molecule has 2 aliphatic rings. The number of benzene rings is 1. The summed E-state index contributed by atoms with van der Waals surface area (Å²) in [5.74, 6) is 1.93. The van der Waals surface area contributed by atoms with Crippen molar-refractivity contribution in [3.8, 4) is 11.5 Å². The molecule has 0 amide bonds. The molecule has 2 aliphatic heterocycles. The number of carbonyl (C=O) groups excluding carboxylic acids is 1. The van der Waals surface area contributed by atoms with Gasteiger partial charge in [0.2, 0.25) is 0 Å². The molecular weight excluding hydrogens is 520 g/mol.